The van der Waals surface area contributed by atoms with E-state index in [9.17, 15) is 0 Å². The van der Waals surface area contributed by atoms with Crippen LogP contribution in [-0.4, -0.2) is 11.2 Å². The van der Waals surface area contributed by atoms with Crippen molar-refractivity contribution in [3.05, 3.63) is 314 Å². The molecule has 3 heteroatoms. The second-order valence-electron chi connectivity index (χ2n) is 22.2. The van der Waals surface area contributed by atoms with Gasteiger partial charge in [0.05, 0.1) is 17.6 Å². The summed E-state index contributed by atoms with van der Waals surface area (Å²) in [6.07, 6.45) is 9.91. The Kier molecular flexibility index (Phi) is 14.5. The summed E-state index contributed by atoms with van der Waals surface area (Å²) in [5.74, 6) is 1.33. The van der Waals surface area contributed by atoms with Crippen molar-refractivity contribution >= 4 is 57.1 Å². The molecular weight excluding hydrogens is 1000 g/mol. The summed E-state index contributed by atoms with van der Waals surface area (Å²) in [6.45, 7) is 14.8. The van der Waals surface area contributed by atoms with Crippen molar-refractivity contribution in [2.45, 2.75) is 38.0 Å². The summed E-state index contributed by atoms with van der Waals surface area (Å²) in [4.78, 5) is 2.43. The number of fused-ring (bicyclic) bond motifs is 6. The van der Waals surface area contributed by atoms with Crippen LogP contribution in [0.2, 0.25) is 0 Å². The maximum Gasteiger partial charge on any atom is 0.119 e. The number of hydrogen-bond acceptors (Lipinski definition) is 2. The van der Waals surface area contributed by atoms with Crippen LogP contribution in [0.5, 0.6) is 5.75 Å². The number of ether oxygens (including phenoxy) is 1. The fraction of sp³-hybridized carbons (Fsp3) is 0.100. The van der Waals surface area contributed by atoms with Crippen molar-refractivity contribution in [2.24, 2.45) is 5.92 Å². The molecule has 0 saturated carbocycles. The van der Waals surface area contributed by atoms with Crippen LogP contribution in [0, 0.1) is 5.92 Å². The number of nitrogens with zero attached hydrogens (tertiary/aromatic N) is 2. The molecule has 11 aromatic carbocycles. The van der Waals surface area contributed by atoms with Crippen molar-refractivity contribution < 1.29 is 4.74 Å². The maximum absolute atomic E-state index is 6.26. The first-order chi connectivity index (χ1) is 40.9. The highest BCUT2D eigenvalue weighted by molar-refractivity contribution is 6.11. The average molecular weight is 1070 g/mol. The number of para-hydroxylation sites is 1. The van der Waals surface area contributed by atoms with Gasteiger partial charge in [-0.15, -0.1) is 0 Å². The molecule has 0 amide bonds. The quantitative estimate of drug-likeness (QED) is 0.0751. The number of unbranched alkanes of at least 4 members (excludes halogenated alkanes) is 1. The number of benzene rings is 11. The molecule has 0 saturated heterocycles. The van der Waals surface area contributed by atoms with Gasteiger partial charge in [-0.2, -0.15) is 0 Å². The van der Waals surface area contributed by atoms with Gasteiger partial charge in [0.2, 0.25) is 0 Å². The molecule has 0 bridgehead atoms. The Bertz CT molecular complexity index is 4290. The highest BCUT2D eigenvalue weighted by atomic mass is 16.5. The van der Waals surface area contributed by atoms with E-state index in [0.29, 0.717) is 12.5 Å². The topological polar surface area (TPSA) is 17.4 Å². The molecule has 1 aliphatic rings. The molecule has 12 aromatic rings. The zero-order valence-electron chi connectivity index (χ0n) is 47.1. The van der Waals surface area contributed by atoms with E-state index in [1.54, 1.807) is 0 Å². The van der Waals surface area contributed by atoms with E-state index in [0.717, 1.165) is 93.0 Å². The van der Waals surface area contributed by atoms with Crippen LogP contribution in [0.4, 0.5) is 17.1 Å². The first-order valence-corrected chi connectivity index (χ1v) is 29.1. The molecule has 3 nitrogen and oxygen atoms in total. The third-order valence-electron chi connectivity index (χ3n) is 17.1. The summed E-state index contributed by atoms with van der Waals surface area (Å²) >= 11 is 0. The number of rotatable bonds is 19. The van der Waals surface area contributed by atoms with Gasteiger partial charge >= 0.3 is 0 Å². The van der Waals surface area contributed by atoms with Crippen molar-refractivity contribution in [2.75, 3.05) is 11.5 Å². The van der Waals surface area contributed by atoms with Gasteiger partial charge in [0.1, 0.15) is 5.75 Å². The molecule has 0 radical (unpaired) electrons. The molecule has 0 N–H and O–H groups in total. The monoisotopic (exact) mass is 1070 g/mol. The summed E-state index contributed by atoms with van der Waals surface area (Å²) < 4.78 is 8.67. The lowest BCUT2D eigenvalue weighted by Gasteiger charge is -2.34. The minimum Gasteiger partial charge on any atom is -0.493 e. The predicted octanol–water partition coefficient (Wildman–Crippen LogP) is 21.8. The van der Waals surface area contributed by atoms with Crippen LogP contribution in [0.1, 0.15) is 66.0 Å². The molecule has 13 rings (SSSR count). The number of aromatic nitrogens is 1. The minimum atomic E-state index is -0.331. The standard InChI is InChI=1S/C80H66N2O/c1-5-57-25-31-60(32-26-57)61-35-43-69(44-36-61)82-78-49-39-64(62-33-27-58(6-2)28-34-62)52-74(78)75-53-65(40-50-79(75)82)63-37-41-68(42-38-63)81(67-21-12-9-13-22-67)70-45-48-73-72-23-14-15-24-76(72)80(77(73)54-70,66-19-10-8-11-20-66)51-17-16-18-56(4)55-83-71-46-29-59(7-3)30-47-71/h5-15,19-50,52-54,56H,1-3,16-18,51,55H2,4H3. The van der Waals surface area contributed by atoms with Gasteiger partial charge in [-0.1, -0.05) is 234 Å². The van der Waals surface area contributed by atoms with Crippen molar-refractivity contribution in [1.82, 2.24) is 4.57 Å². The normalized spacial score (nSPS) is 13.7. The van der Waals surface area contributed by atoms with Gasteiger partial charge in [-0.05, 0) is 182 Å². The number of anilines is 3. The Morgan fingerprint density at radius 2 is 0.904 bits per heavy atom. The smallest absolute Gasteiger partial charge is 0.119 e. The maximum atomic E-state index is 6.26. The lowest BCUT2D eigenvalue weighted by molar-refractivity contribution is 0.248. The second-order valence-corrected chi connectivity index (χ2v) is 22.2. The van der Waals surface area contributed by atoms with Crippen LogP contribution in [-0.2, 0) is 5.41 Å². The van der Waals surface area contributed by atoms with E-state index in [4.69, 9.17) is 4.74 Å². The molecular formula is C80H66N2O. The van der Waals surface area contributed by atoms with Crippen molar-refractivity contribution in [3.63, 3.8) is 0 Å². The van der Waals surface area contributed by atoms with Crippen LogP contribution in [0.15, 0.2) is 281 Å². The molecule has 2 atom stereocenters. The van der Waals surface area contributed by atoms with Crippen LogP contribution < -0.4 is 9.64 Å². The summed E-state index contributed by atoms with van der Waals surface area (Å²) in [7, 11) is 0. The van der Waals surface area contributed by atoms with E-state index in [-0.39, 0.29) is 5.41 Å². The van der Waals surface area contributed by atoms with Crippen LogP contribution >= 0.6 is 0 Å². The first kappa shape index (κ1) is 52.4. The molecule has 1 heterocycles. The first-order valence-electron chi connectivity index (χ1n) is 29.1. The Morgan fingerprint density at radius 1 is 0.434 bits per heavy atom. The highest BCUT2D eigenvalue weighted by Crippen LogP contribution is 2.56. The van der Waals surface area contributed by atoms with Gasteiger partial charge in [-0.25, -0.2) is 0 Å². The molecule has 402 valence electrons. The van der Waals surface area contributed by atoms with Crippen molar-refractivity contribution in [1.29, 1.82) is 0 Å². The summed E-state index contributed by atoms with van der Waals surface area (Å²) in [6, 6.07) is 95.8. The predicted molar refractivity (Wildman–Crippen MR) is 353 cm³/mol. The van der Waals surface area contributed by atoms with E-state index < -0.39 is 0 Å². The Morgan fingerprint density at radius 3 is 1.49 bits per heavy atom. The van der Waals surface area contributed by atoms with Gasteiger partial charge in [0.25, 0.3) is 0 Å². The summed E-state index contributed by atoms with van der Waals surface area (Å²) in [5.41, 5.74) is 23.5. The van der Waals surface area contributed by atoms with Gasteiger partial charge in [0.15, 0.2) is 0 Å². The van der Waals surface area contributed by atoms with Gasteiger partial charge in [-0.3, -0.25) is 0 Å². The average Bonchev–Trinajstić information content (AvgIpc) is 1.96. The molecule has 0 aliphatic heterocycles. The van der Waals surface area contributed by atoms with E-state index in [1.807, 2.05) is 30.4 Å². The highest BCUT2D eigenvalue weighted by Gasteiger charge is 2.44. The summed E-state index contributed by atoms with van der Waals surface area (Å²) in [5, 5.41) is 2.41. The molecule has 1 aliphatic carbocycles. The van der Waals surface area contributed by atoms with Gasteiger partial charge < -0.3 is 14.2 Å². The molecule has 1 aromatic heterocycles. The van der Waals surface area contributed by atoms with E-state index >= 15 is 0 Å². The Labute approximate surface area is 489 Å². The zero-order chi connectivity index (χ0) is 56.3. The Balaban J connectivity index is 0.847. The van der Waals surface area contributed by atoms with E-state index in [2.05, 4.69) is 285 Å². The molecule has 0 fully saturated rings. The zero-order valence-corrected chi connectivity index (χ0v) is 47.1. The molecule has 83 heavy (non-hydrogen) atoms. The fourth-order valence-corrected chi connectivity index (χ4v) is 12.8. The Hall–Kier alpha value is -9.96. The van der Waals surface area contributed by atoms with Gasteiger partial charge in [0, 0.05) is 38.9 Å². The lowest BCUT2D eigenvalue weighted by atomic mass is 9.69. The third kappa shape index (κ3) is 10.1. The van der Waals surface area contributed by atoms with Crippen LogP contribution in [0.3, 0.4) is 0 Å². The molecule has 2 unspecified atom stereocenters. The van der Waals surface area contributed by atoms with Crippen molar-refractivity contribution in [3.8, 4) is 55.9 Å². The third-order valence-corrected chi connectivity index (χ3v) is 17.1. The van der Waals surface area contributed by atoms with Crippen LogP contribution in [0.25, 0.3) is 90.2 Å². The minimum absolute atomic E-state index is 0.331. The van der Waals surface area contributed by atoms with E-state index in [1.165, 1.54) is 60.8 Å². The largest absolute Gasteiger partial charge is 0.493 e. The SMILES string of the molecule is C=Cc1ccc(OCC(C)CCCCC2(c3ccccc3)c3ccccc3-c3ccc(N(c4ccccc4)c4ccc(-c5ccc6c(c5)c5cc(-c7ccc(C=C)cc7)ccc5n6-c5ccc(-c6ccc(C=C)cc6)cc5)cc4)cc32)cc1. The second kappa shape index (κ2) is 22.9. The fourth-order valence-electron chi connectivity index (χ4n) is 12.8. The number of hydrogen-bond donors (Lipinski definition) is 0. The lowest BCUT2D eigenvalue weighted by Crippen LogP contribution is -2.27. The molecule has 0 spiro atoms.